The molecule has 0 bridgehead atoms. The molecule has 25 heavy (non-hydrogen) atoms. The zero-order valence-electron chi connectivity index (χ0n) is 14.7. The van der Waals surface area contributed by atoms with Crippen LogP contribution in [-0.2, 0) is 0 Å². The van der Waals surface area contributed by atoms with Gasteiger partial charge in [-0.3, -0.25) is 0 Å². The van der Waals surface area contributed by atoms with E-state index in [0.717, 1.165) is 0 Å². The molecule has 0 unspecified atom stereocenters. The molecule has 24 heteroatoms. The maximum absolute atomic E-state index is 5.62. The van der Waals surface area contributed by atoms with Crippen molar-refractivity contribution in [2.24, 2.45) is 0 Å². The third kappa shape index (κ3) is 25.7. The molecule has 0 saturated heterocycles. The van der Waals surface area contributed by atoms with Crippen molar-refractivity contribution in [2.45, 2.75) is 0 Å². The number of hydrogen-bond donors (Lipinski definition) is 0. The fourth-order valence-corrected chi connectivity index (χ4v) is 1.66. The van der Waals surface area contributed by atoms with Crippen LogP contribution >= 0.6 is 9.56 Å². The van der Waals surface area contributed by atoms with E-state index in [9.17, 15) is 0 Å². The first-order valence-corrected chi connectivity index (χ1v) is 9.64. The van der Waals surface area contributed by atoms with E-state index < -0.39 is 0 Å². The SMILES string of the molecule is [B]B=BB=BB=BB=BB=BB=BB=BB=BB=BB=BB=S(#B)C. The van der Waals surface area contributed by atoms with Gasteiger partial charge in [-0.25, -0.2) is 0 Å². The Bertz CT molecular complexity index is 756. The summed E-state index contributed by atoms with van der Waals surface area (Å²) in [7, 11) is 5.07. The fourth-order valence-electron chi connectivity index (χ4n) is 1.32. The Hall–Kier alpha value is 1.71. The molecular weight excluding hydrogens is 293 g/mol. The van der Waals surface area contributed by atoms with Crippen LogP contribution in [0.2, 0.25) is 0 Å². The molecule has 0 fully saturated rings. The topological polar surface area (TPSA) is 0 Å². The van der Waals surface area contributed by atoms with E-state index in [1.807, 2.05) is 133 Å². The van der Waals surface area contributed by atoms with Crippen molar-refractivity contribution >= 4 is 164 Å². The van der Waals surface area contributed by atoms with Gasteiger partial charge in [0, 0.05) is 0 Å². The molecule has 0 nitrogen and oxygen atoms in total. The first kappa shape index (κ1) is 26.7. The van der Waals surface area contributed by atoms with Crippen molar-refractivity contribution in [1.29, 1.82) is 0 Å². The van der Waals surface area contributed by atoms with Crippen LogP contribution < -0.4 is 0 Å². The van der Waals surface area contributed by atoms with E-state index >= 15 is 0 Å². The Labute approximate surface area is 169 Å². The van der Waals surface area contributed by atoms with Crippen LogP contribution in [0.3, 0.4) is 0 Å². The summed E-state index contributed by atoms with van der Waals surface area (Å²) in [5.74, 6) is 0. The van der Waals surface area contributed by atoms with E-state index in [4.69, 9.17) is 14.3 Å². The summed E-state index contributed by atoms with van der Waals surface area (Å²) in [4.78, 5) is 0. The summed E-state index contributed by atoms with van der Waals surface area (Å²) in [6.07, 6.45) is 1.97. The van der Waals surface area contributed by atoms with Gasteiger partial charge in [0.2, 0.25) is 0 Å². The van der Waals surface area contributed by atoms with E-state index in [0.29, 0.717) is 0 Å². The van der Waals surface area contributed by atoms with Gasteiger partial charge in [0.15, 0.2) is 0 Å². The van der Waals surface area contributed by atoms with Gasteiger partial charge in [-0.05, 0) is 0 Å². The van der Waals surface area contributed by atoms with Crippen molar-refractivity contribution in [3.05, 3.63) is 0 Å². The molecular formula is CH3B23S. The molecule has 0 rings (SSSR count). The van der Waals surface area contributed by atoms with E-state index in [2.05, 4.69) is 0 Å². The molecule has 0 aliphatic rings. The Morgan fingerprint density at radius 3 is 0.920 bits per heavy atom. The molecule has 0 atom stereocenters. The van der Waals surface area contributed by atoms with Crippen LogP contribution in [0.5, 0.6) is 0 Å². The van der Waals surface area contributed by atoms with Crippen LogP contribution in [0.1, 0.15) is 0 Å². The molecule has 0 aliphatic heterocycles. The monoisotopic (exact) mass is 300 g/mol. The molecule has 0 amide bonds. The average molecular weight is 296 g/mol. The standard InChI is InChI=1S/CH3B23S/c1-25(3)24-23-22-21-20-19-18-17-16-15-14-13-12-11-10-9-8-7-6-5-4-2/h1H3. The van der Waals surface area contributed by atoms with Gasteiger partial charge < -0.3 is 0 Å². The number of hydrogen-bond acceptors (Lipinski definition) is 0. The third-order valence-electron chi connectivity index (χ3n) is 2.40. The predicted molar refractivity (Wildman–Crippen MR) is 146 cm³/mol. The van der Waals surface area contributed by atoms with Gasteiger partial charge in [0.1, 0.15) is 0 Å². The summed E-state index contributed by atoms with van der Waals surface area (Å²) in [6.45, 7) is 44.2. The summed E-state index contributed by atoms with van der Waals surface area (Å²) < 4.78 is 0. The van der Waals surface area contributed by atoms with Crippen LogP contribution in [0, 0.1) is 0 Å². The van der Waals surface area contributed by atoms with E-state index in [-0.39, 0.29) is 9.56 Å². The number of rotatable bonds is 10. The Kier molecular flexibility index (Phi) is 25.4. The molecule has 0 N–H and O–H groups in total. The molecule has 0 heterocycles. The molecule has 0 aromatic carbocycles. The molecule has 0 aromatic heterocycles. The minimum absolute atomic E-state index is 0.139. The second-order valence-electron chi connectivity index (χ2n) is 4.59. The summed E-state index contributed by atoms with van der Waals surface area (Å²) in [5.41, 5.74) is 0. The normalized spacial score (nSPS) is 8.52. The Morgan fingerprint density at radius 1 is 0.440 bits per heavy atom. The molecule has 2 radical (unpaired) electrons. The van der Waals surface area contributed by atoms with Gasteiger partial charge >= 0.3 is 170 Å². The van der Waals surface area contributed by atoms with Gasteiger partial charge in [-0.1, -0.05) is 0 Å². The van der Waals surface area contributed by atoms with Crippen molar-refractivity contribution < 1.29 is 0 Å². The third-order valence-corrected chi connectivity index (χ3v) is 2.99. The van der Waals surface area contributed by atoms with E-state index in [1.165, 1.54) is 6.69 Å². The van der Waals surface area contributed by atoms with Gasteiger partial charge in [0.25, 0.3) is 0 Å². The summed E-state index contributed by atoms with van der Waals surface area (Å²) in [6, 6.07) is 1.97. The summed E-state index contributed by atoms with van der Waals surface area (Å²) in [5, 5.41) is 0. The van der Waals surface area contributed by atoms with Gasteiger partial charge in [0.05, 0.1) is 0 Å². The van der Waals surface area contributed by atoms with Crippen molar-refractivity contribution in [1.82, 2.24) is 0 Å². The van der Waals surface area contributed by atoms with E-state index in [1.54, 1.807) is 6.69 Å². The quantitative estimate of drug-likeness (QED) is 0.351. The molecule has 0 spiro atoms. The second kappa shape index (κ2) is 23.8. The first-order valence-electron chi connectivity index (χ1n) is 7.88. The van der Waals surface area contributed by atoms with Crippen LogP contribution in [0.15, 0.2) is 0 Å². The van der Waals surface area contributed by atoms with Crippen molar-refractivity contribution in [3.8, 4) is 0 Å². The van der Waals surface area contributed by atoms with Crippen LogP contribution in [0.4, 0.5) is 0 Å². The zero-order chi connectivity index (χ0) is 18.4. The maximum atomic E-state index is 5.62. The van der Waals surface area contributed by atoms with Crippen LogP contribution in [-0.4, -0.2) is 160 Å². The van der Waals surface area contributed by atoms with Crippen LogP contribution in [0.25, 0.3) is 0 Å². The molecule has 0 aliphatic carbocycles. The predicted octanol–water partition coefficient (Wildman–Crippen LogP) is -7.94. The molecule has 0 aromatic rings. The Balaban J connectivity index is 3.96. The van der Waals surface area contributed by atoms with Gasteiger partial charge in [-0.15, -0.1) is 0 Å². The van der Waals surface area contributed by atoms with Gasteiger partial charge in [-0.2, -0.15) is 0 Å². The minimum atomic E-state index is -0.139. The Morgan fingerprint density at radius 2 is 0.680 bits per heavy atom. The zero-order valence-corrected chi connectivity index (χ0v) is 15.5. The first-order chi connectivity index (χ1) is 12.3. The average Bonchev–Trinajstić information content (AvgIpc) is 2.60. The molecule has 0 saturated carbocycles. The van der Waals surface area contributed by atoms with Crippen molar-refractivity contribution in [2.75, 3.05) is 6.26 Å². The molecule has 82 valence electrons. The second-order valence-corrected chi connectivity index (χ2v) is 6.08. The van der Waals surface area contributed by atoms with Crippen molar-refractivity contribution in [3.63, 3.8) is 0 Å². The fraction of sp³-hybridized carbons (Fsp3) is 1.00. The summed E-state index contributed by atoms with van der Waals surface area (Å²) >= 11 is 0.